The maximum absolute atomic E-state index is 10.8. The molecule has 1 aliphatic carbocycles. The molecule has 3 N–H and O–H groups in total. The van der Waals surface area contributed by atoms with E-state index in [9.17, 15) is 5.11 Å². The van der Waals surface area contributed by atoms with Crippen molar-refractivity contribution in [2.45, 2.75) is 45.1 Å². The van der Waals surface area contributed by atoms with Crippen LogP contribution in [0.25, 0.3) is 0 Å². The molecule has 2 rings (SSSR count). The first-order chi connectivity index (χ1) is 7.53. The summed E-state index contributed by atoms with van der Waals surface area (Å²) in [5.74, 6) is 1.04. The van der Waals surface area contributed by atoms with Gasteiger partial charge in [0.1, 0.15) is 5.82 Å². The Morgan fingerprint density at radius 2 is 2.31 bits per heavy atom. The van der Waals surface area contributed by atoms with Crippen LogP contribution in [0.5, 0.6) is 0 Å². The molecule has 1 heterocycles. The molecule has 0 saturated heterocycles. The molecule has 0 aromatic carbocycles. The molecule has 0 amide bonds. The van der Waals surface area contributed by atoms with E-state index < -0.39 is 5.60 Å². The van der Waals surface area contributed by atoms with Crippen molar-refractivity contribution < 1.29 is 5.11 Å². The molecule has 1 aromatic rings. The van der Waals surface area contributed by atoms with Gasteiger partial charge in [-0.15, -0.1) is 0 Å². The average molecular weight is 220 g/mol. The standard InChI is InChI=1S/C13H20N2O/c1-9-4-3-6-13(16,8-9)11-10(2)5-7-15-12(11)14/h5,7,9,16H,3-4,6,8H2,1-2H3,(H2,14,15). The largest absolute Gasteiger partial charge is 0.385 e. The molecule has 3 heteroatoms. The highest BCUT2D eigenvalue weighted by molar-refractivity contribution is 5.48. The van der Waals surface area contributed by atoms with E-state index in [2.05, 4.69) is 11.9 Å². The number of aryl methyl sites for hydroxylation is 1. The molecule has 16 heavy (non-hydrogen) atoms. The molecule has 1 aliphatic rings. The third kappa shape index (κ3) is 1.92. The molecule has 0 radical (unpaired) electrons. The molecule has 1 fully saturated rings. The van der Waals surface area contributed by atoms with E-state index in [0.29, 0.717) is 11.7 Å². The van der Waals surface area contributed by atoms with Crippen LogP contribution in [0.1, 0.15) is 43.7 Å². The van der Waals surface area contributed by atoms with Crippen LogP contribution in [-0.4, -0.2) is 10.1 Å². The summed E-state index contributed by atoms with van der Waals surface area (Å²) in [6.45, 7) is 4.18. The van der Waals surface area contributed by atoms with Crippen molar-refractivity contribution in [1.29, 1.82) is 0 Å². The van der Waals surface area contributed by atoms with Crippen molar-refractivity contribution in [3.63, 3.8) is 0 Å². The molecule has 0 bridgehead atoms. The zero-order chi connectivity index (χ0) is 11.8. The van der Waals surface area contributed by atoms with Gasteiger partial charge in [0.25, 0.3) is 0 Å². The number of pyridine rings is 1. The minimum absolute atomic E-state index is 0.483. The van der Waals surface area contributed by atoms with Crippen molar-refractivity contribution in [1.82, 2.24) is 4.98 Å². The lowest BCUT2D eigenvalue weighted by Crippen LogP contribution is -2.33. The maximum Gasteiger partial charge on any atom is 0.129 e. The Bertz CT molecular complexity index is 371. The summed E-state index contributed by atoms with van der Waals surface area (Å²) in [4.78, 5) is 4.10. The Morgan fingerprint density at radius 3 is 2.94 bits per heavy atom. The van der Waals surface area contributed by atoms with E-state index >= 15 is 0 Å². The van der Waals surface area contributed by atoms with Gasteiger partial charge in [-0.3, -0.25) is 0 Å². The lowest BCUT2D eigenvalue weighted by atomic mass is 9.74. The summed E-state index contributed by atoms with van der Waals surface area (Å²) >= 11 is 0. The SMILES string of the molecule is Cc1ccnc(N)c1C1(O)CCCC(C)C1. The van der Waals surface area contributed by atoms with Crippen molar-refractivity contribution in [2.24, 2.45) is 5.92 Å². The van der Waals surface area contributed by atoms with Crippen LogP contribution < -0.4 is 5.73 Å². The summed E-state index contributed by atoms with van der Waals surface area (Å²) in [5, 5.41) is 10.8. The summed E-state index contributed by atoms with van der Waals surface area (Å²) in [6, 6.07) is 1.92. The van der Waals surface area contributed by atoms with E-state index in [1.807, 2.05) is 13.0 Å². The number of aromatic nitrogens is 1. The third-order valence-electron chi connectivity index (χ3n) is 3.63. The first-order valence-corrected chi connectivity index (χ1v) is 5.97. The topological polar surface area (TPSA) is 59.1 Å². The van der Waals surface area contributed by atoms with Crippen molar-refractivity contribution >= 4 is 5.82 Å². The van der Waals surface area contributed by atoms with E-state index in [4.69, 9.17) is 5.73 Å². The monoisotopic (exact) mass is 220 g/mol. The first kappa shape index (κ1) is 11.4. The lowest BCUT2D eigenvalue weighted by Gasteiger charge is -2.37. The van der Waals surface area contributed by atoms with Gasteiger partial charge in [0.05, 0.1) is 5.60 Å². The van der Waals surface area contributed by atoms with Crippen LogP contribution in [0, 0.1) is 12.8 Å². The highest BCUT2D eigenvalue weighted by Crippen LogP contribution is 2.42. The molecule has 2 atom stereocenters. The maximum atomic E-state index is 10.8. The second kappa shape index (κ2) is 4.06. The predicted octanol–water partition coefficient (Wildman–Crippen LogP) is 2.37. The van der Waals surface area contributed by atoms with Crippen LogP contribution in [0.4, 0.5) is 5.82 Å². The van der Waals surface area contributed by atoms with Crippen LogP contribution in [-0.2, 0) is 5.60 Å². The van der Waals surface area contributed by atoms with E-state index in [1.165, 1.54) is 6.42 Å². The van der Waals surface area contributed by atoms with Crippen molar-refractivity contribution in [3.8, 4) is 0 Å². The first-order valence-electron chi connectivity index (χ1n) is 5.97. The second-order valence-electron chi connectivity index (χ2n) is 5.12. The zero-order valence-electron chi connectivity index (χ0n) is 10.0. The average Bonchev–Trinajstić information content (AvgIpc) is 2.16. The van der Waals surface area contributed by atoms with Crippen molar-refractivity contribution in [3.05, 3.63) is 23.4 Å². The third-order valence-corrected chi connectivity index (χ3v) is 3.63. The predicted molar refractivity (Wildman–Crippen MR) is 64.9 cm³/mol. The van der Waals surface area contributed by atoms with Gasteiger partial charge >= 0.3 is 0 Å². The summed E-state index contributed by atoms with van der Waals surface area (Å²) in [5.41, 5.74) is 7.04. The minimum atomic E-state index is -0.764. The minimum Gasteiger partial charge on any atom is -0.385 e. The van der Waals surface area contributed by atoms with E-state index in [1.54, 1.807) is 6.20 Å². The van der Waals surface area contributed by atoms with E-state index in [0.717, 1.165) is 30.4 Å². The molecular weight excluding hydrogens is 200 g/mol. The Hall–Kier alpha value is -1.09. The molecular formula is C13H20N2O. The fraction of sp³-hybridized carbons (Fsp3) is 0.615. The van der Waals surface area contributed by atoms with Crippen LogP contribution >= 0.6 is 0 Å². The smallest absolute Gasteiger partial charge is 0.129 e. The molecule has 1 aromatic heterocycles. The van der Waals surface area contributed by atoms with Gasteiger partial charge in [0.2, 0.25) is 0 Å². The van der Waals surface area contributed by atoms with Gasteiger partial charge in [0, 0.05) is 11.8 Å². The Kier molecular flexibility index (Phi) is 2.89. The fourth-order valence-electron chi connectivity index (χ4n) is 2.94. The lowest BCUT2D eigenvalue weighted by molar-refractivity contribution is -0.0179. The highest BCUT2D eigenvalue weighted by atomic mass is 16.3. The van der Waals surface area contributed by atoms with Gasteiger partial charge < -0.3 is 10.8 Å². The molecule has 88 valence electrons. The highest BCUT2D eigenvalue weighted by Gasteiger charge is 2.37. The number of hydrogen-bond acceptors (Lipinski definition) is 3. The Balaban J connectivity index is 2.42. The van der Waals surface area contributed by atoms with Gasteiger partial charge in [-0.1, -0.05) is 13.3 Å². The number of nitrogen functional groups attached to an aromatic ring is 1. The number of nitrogens with two attached hydrogens (primary N) is 1. The number of hydrogen-bond donors (Lipinski definition) is 2. The normalized spacial score (nSPS) is 30.3. The summed E-state index contributed by atoms with van der Waals surface area (Å²) in [6.07, 6.45) is 5.55. The number of rotatable bonds is 1. The Morgan fingerprint density at radius 1 is 1.56 bits per heavy atom. The second-order valence-corrected chi connectivity index (χ2v) is 5.12. The Labute approximate surface area is 96.7 Å². The van der Waals surface area contributed by atoms with Crippen LogP contribution in [0.2, 0.25) is 0 Å². The zero-order valence-corrected chi connectivity index (χ0v) is 10.0. The number of anilines is 1. The molecule has 1 saturated carbocycles. The van der Waals surface area contributed by atoms with Gasteiger partial charge in [0.15, 0.2) is 0 Å². The fourth-order valence-corrected chi connectivity index (χ4v) is 2.94. The number of aliphatic hydroxyl groups is 1. The van der Waals surface area contributed by atoms with Gasteiger partial charge in [-0.25, -0.2) is 4.98 Å². The van der Waals surface area contributed by atoms with Crippen molar-refractivity contribution in [2.75, 3.05) is 5.73 Å². The molecule has 3 nitrogen and oxygen atoms in total. The summed E-state index contributed by atoms with van der Waals surface area (Å²) in [7, 11) is 0. The van der Waals surface area contributed by atoms with E-state index in [-0.39, 0.29) is 0 Å². The molecule has 0 aliphatic heterocycles. The number of nitrogens with zero attached hydrogens (tertiary/aromatic N) is 1. The van der Waals surface area contributed by atoms with Gasteiger partial charge in [-0.2, -0.15) is 0 Å². The summed E-state index contributed by atoms with van der Waals surface area (Å²) < 4.78 is 0. The quantitative estimate of drug-likeness (QED) is 0.764. The van der Waals surface area contributed by atoms with Crippen LogP contribution in [0.15, 0.2) is 12.3 Å². The van der Waals surface area contributed by atoms with Crippen LogP contribution in [0.3, 0.4) is 0 Å². The molecule has 2 unspecified atom stereocenters. The van der Waals surface area contributed by atoms with Gasteiger partial charge in [-0.05, 0) is 43.7 Å². The molecule has 0 spiro atoms.